The molecule has 8 nitrogen and oxygen atoms in total. The maximum absolute atomic E-state index is 13.2. The summed E-state index contributed by atoms with van der Waals surface area (Å²) in [6, 6.07) is 7.14. The highest BCUT2D eigenvalue weighted by Crippen LogP contribution is 2.38. The van der Waals surface area contributed by atoms with Gasteiger partial charge in [-0.05, 0) is 49.9 Å². The van der Waals surface area contributed by atoms with Crippen molar-refractivity contribution >= 4 is 33.2 Å². The van der Waals surface area contributed by atoms with Gasteiger partial charge in [-0.2, -0.15) is 0 Å². The van der Waals surface area contributed by atoms with Crippen LogP contribution in [0.15, 0.2) is 35.2 Å². The molecule has 0 heterocycles. The van der Waals surface area contributed by atoms with E-state index in [1.165, 1.54) is 51.7 Å². The van der Waals surface area contributed by atoms with Gasteiger partial charge in [0.2, 0.25) is 0 Å². The summed E-state index contributed by atoms with van der Waals surface area (Å²) in [6.45, 7) is 1.94. The molecule has 168 valence electrons. The molecule has 0 aromatic heterocycles. The molecule has 3 rings (SSSR count). The molecular weight excluding hydrogens is 444 g/mol. The maximum atomic E-state index is 13.2. The van der Waals surface area contributed by atoms with E-state index in [2.05, 4.69) is 10.0 Å². The van der Waals surface area contributed by atoms with Crippen LogP contribution in [0.5, 0.6) is 17.2 Å². The maximum Gasteiger partial charge on any atom is 0.265 e. The molecule has 0 aliphatic heterocycles. The van der Waals surface area contributed by atoms with E-state index in [1.54, 1.807) is 0 Å². The lowest BCUT2D eigenvalue weighted by Gasteiger charge is -2.17. The third-order valence-electron chi connectivity index (χ3n) is 5.12. The van der Waals surface area contributed by atoms with Gasteiger partial charge >= 0.3 is 0 Å². The molecule has 1 aliphatic carbocycles. The predicted molar refractivity (Wildman–Crippen MR) is 118 cm³/mol. The quantitative estimate of drug-likeness (QED) is 0.581. The highest BCUT2D eigenvalue weighted by atomic mass is 35.5. The van der Waals surface area contributed by atoms with Gasteiger partial charge in [0.1, 0.15) is 22.1 Å². The van der Waals surface area contributed by atoms with Gasteiger partial charge in [0.15, 0.2) is 0 Å². The molecule has 2 N–H and O–H groups in total. The van der Waals surface area contributed by atoms with Crippen LogP contribution >= 0.6 is 11.6 Å². The van der Waals surface area contributed by atoms with E-state index >= 15 is 0 Å². The van der Waals surface area contributed by atoms with E-state index in [0.717, 1.165) is 12.8 Å². The second kappa shape index (κ2) is 9.23. The molecule has 1 fully saturated rings. The first-order valence-electron chi connectivity index (χ1n) is 9.63. The molecule has 1 saturated carbocycles. The van der Waals surface area contributed by atoms with E-state index < -0.39 is 10.0 Å². The standard InChI is InChI=1S/C21H25ClN2O6S/c1-12(13-5-6-13)23-21(25)14-7-8-17(28-2)20(9-14)31(26,27)24-16-10-15(22)18(29-3)11-19(16)30-4/h7-13,24H,5-6H2,1-4H3,(H,23,25)/t12-/m1/s1. The number of benzene rings is 2. The summed E-state index contributed by atoms with van der Waals surface area (Å²) in [5, 5.41) is 3.12. The number of sulfonamides is 1. The molecule has 0 bridgehead atoms. The van der Waals surface area contributed by atoms with E-state index in [4.69, 9.17) is 25.8 Å². The van der Waals surface area contributed by atoms with Crippen molar-refractivity contribution in [2.75, 3.05) is 26.1 Å². The normalized spacial score (nSPS) is 14.5. The molecule has 2 aromatic carbocycles. The Kier molecular flexibility index (Phi) is 6.86. The Morgan fingerprint density at radius 2 is 1.68 bits per heavy atom. The Hall–Kier alpha value is -2.65. The van der Waals surface area contributed by atoms with Crippen molar-refractivity contribution < 1.29 is 27.4 Å². The molecule has 0 spiro atoms. The molecule has 1 amide bonds. The number of nitrogens with one attached hydrogen (secondary N) is 2. The van der Waals surface area contributed by atoms with Crippen LogP contribution in [0, 0.1) is 5.92 Å². The molecule has 1 aliphatic rings. The summed E-state index contributed by atoms with van der Waals surface area (Å²) in [4.78, 5) is 12.4. The Balaban J connectivity index is 1.94. The van der Waals surface area contributed by atoms with Crippen LogP contribution in [0.4, 0.5) is 5.69 Å². The Morgan fingerprint density at radius 1 is 1.03 bits per heavy atom. The lowest BCUT2D eigenvalue weighted by Crippen LogP contribution is -2.34. The van der Waals surface area contributed by atoms with Crippen molar-refractivity contribution in [3.8, 4) is 17.2 Å². The fourth-order valence-corrected chi connectivity index (χ4v) is 4.67. The number of anilines is 1. The van der Waals surface area contributed by atoms with Gasteiger partial charge < -0.3 is 19.5 Å². The summed E-state index contributed by atoms with van der Waals surface area (Å²) < 4.78 is 44.4. The van der Waals surface area contributed by atoms with E-state index in [0.29, 0.717) is 11.7 Å². The molecule has 10 heteroatoms. The fourth-order valence-electron chi connectivity index (χ4n) is 3.17. The van der Waals surface area contributed by atoms with Crippen LogP contribution in [0.3, 0.4) is 0 Å². The number of amides is 1. The molecule has 31 heavy (non-hydrogen) atoms. The van der Waals surface area contributed by atoms with E-state index in [-0.39, 0.29) is 44.6 Å². The van der Waals surface area contributed by atoms with Crippen molar-refractivity contribution in [3.63, 3.8) is 0 Å². The minimum atomic E-state index is -4.15. The van der Waals surface area contributed by atoms with E-state index in [9.17, 15) is 13.2 Å². The average molecular weight is 469 g/mol. The zero-order valence-corrected chi connectivity index (χ0v) is 19.3. The first kappa shape index (κ1) is 23.0. The molecule has 0 saturated heterocycles. The van der Waals surface area contributed by atoms with Gasteiger partial charge in [0.05, 0.1) is 32.0 Å². The first-order valence-corrected chi connectivity index (χ1v) is 11.5. The molecular formula is C21H25ClN2O6S. The van der Waals surface area contributed by atoms with E-state index in [1.807, 2.05) is 6.92 Å². The summed E-state index contributed by atoms with van der Waals surface area (Å²) in [7, 11) is 0.0437. The Morgan fingerprint density at radius 3 is 2.26 bits per heavy atom. The van der Waals surface area contributed by atoms with Crippen LogP contribution in [0.25, 0.3) is 0 Å². The number of carbonyl (C=O) groups excluding carboxylic acids is 1. The largest absolute Gasteiger partial charge is 0.495 e. The first-order chi connectivity index (χ1) is 14.7. The van der Waals surface area contributed by atoms with Crippen LogP contribution in [-0.4, -0.2) is 41.7 Å². The average Bonchev–Trinajstić information content (AvgIpc) is 3.58. The lowest BCUT2D eigenvalue weighted by molar-refractivity contribution is 0.0935. The Bertz CT molecular complexity index is 1090. The third-order valence-corrected chi connectivity index (χ3v) is 6.80. The number of halogens is 1. The van der Waals surface area contributed by atoms with Crippen LogP contribution in [0.1, 0.15) is 30.1 Å². The van der Waals surface area contributed by atoms with Crippen molar-refractivity contribution in [1.82, 2.24) is 5.32 Å². The molecule has 1 atom stereocenters. The van der Waals surface area contributed by atoms with Gasteiger partial charge in [-0.25, -0.2) is 8.42 Å². The van der Waals surface area contributed by atoms with Crippen molar-refractivity contribution in [2.45, 2.75) is 30.7 Å². The number of hydrogen-bond donors (Lipinski definition) is 2. The monoisotopic (exact) mass is 468 g/mol. The number of carbonyl (C=O) groups is 1. The summed E-state index contributed by atoms with van der Waals surface area (Å²) in [6.07, 6.45) is 2.17. The minimum absolute atomic E-state index is 0.0264. The van der Waals surface area contributed by atoms with Gasteiger partial charge in [0.25, 0.3) is 15.9 Å². The SMILES string of the molecule is COc1cc(OC)c(NS(=O)(=O)c2cc(C(=O)N[C@H](C)C3CC3)ccc2OC)cc1Cl. The predicted octanol–water partition coefficient (Wildman–Crippen LogP) is 3.69. The summed E-state index contributed by atoms with van der Waals surface area (Å²) in [5.74, 6) is 0.777. The van der Waals surface area contributed by atoms with Crippen molar-refractivity contribution in [1.29, 1.82) is 0 Å². The van der Waals surface area contributed by atoms with Gasteiger partial charge in [-0.3, -0.25) is 9.52 Å². The zero-order chi connectivity index (χ0) is 22.8. The zero-order valence-electron chi connectivity index (χ0n) is 17.7. The van der Waals surface area contributed by atoms with Crippen LogP contribution in [-0.2, 0) is 10.0 Å². The topological polar surface area (TPSA) is 103 Å². The van der Waals surface area contributed by atoms with Gasteiger partial charge in [0, 0.05) is 17.7 Å². The molecule has 0 unspecified atom stereocenters. The number of ether oxygens (including phenoxy) is 3. The minimum Gasteiger partial charge on any atom is -0.495 e. The summed E-state index contributed by atoms with van der Waals surface area (Å²) >= 11 is 6.14. The lowest BCUT2D eigenvalue weighted by atomic mass is 10.1. The number of rotatable bonds is 9. The smallest absolute Gasteiger partial charge is 0.265 e. The highest BCUT2D eigenvalue weighted by molar-refractivity contribution is 7.92. The third kappa shape index (κ3) is 5.16. The number of methoxy groups -OCH3 is 3. The second-order valence-electron chi connectivity index (χ2n) is 7.26. The van der Waals surface area contributed by atoms with Crippen molar-refractivity contribution in [2.24, 2.45) is 5.92 Å². The van der Waals surface area contributed by atoms with Crippen LogP contribution < -0.4 is 24.2 Å². The fraction of sp³-hybridized carbons (Fsp3) is 0.381. The van der Waals surface area contributed by atoms with Crippen LogP contribution in [0.2, 0.25) is 5.02 Å². The Labute approximate surface area is 186 Å². The number of hydrogen-bond acceptors (Lipinski definition) is 6. The van der Waals surface area contributed by atoms with Gasteiger partial charge in [-0.15, -0.1) is 0 Å². The van der Waals surface area contributed by atoms with Gasteiger partial charge in [-0.1, -0.05) is 11.6 Å². The molecule has 0 radical (unpaired) electrons. The molecule has 2 aromatic rings. The van der Waals surface area contributed by atoms with Crippen molar-refractivity contribution in [3.05, 3.63) is 40.9 Å². The highest BCUT2D eigenvalue weighted by Gasteiger charge is 2.30. The second-order valence-corrected chi connectivity index (χ2v) is 9.32. The summed E-state index contributed by atoms with van der Waals surface area (Å²) in [5.41, 5.74) is 0.334.